The fraction of sp³-hybridized carbons (Fsp3) is 0.533. The van der Waals surface area contributed by atoms with Crippen molar-refractivity contribution in [3.63, 3.8) is 0 Å². The molecule has 0 aliphatic carbocycles. The maximum atomic E-state index is 12.3. The van der Waals surface area contributed by atoms with Crippen molar-refractivity contribution in [2.75, 3.05) is 24.6 Å². The fourth-order valence-corrected chi connectivity index (χ4v) is 5.69. The quantitative estimate of drug-likeness (QED) is 0.787. The van der Waals surface area contributed by atoms with Gasteiger partial charge in [-0.15, -0.1) is 0 Å². The van der Waals surface area contributed by atoms with Gasteiger partial charge in [0, 0.05) is 24.7 Å². The summed E-state index contributed by atoms with van der Waals surface area (Å²) in [6, 6.07) is 5.07. The van der Waals surface area contributed by atoms with E-state index < -0.39 is 25.9 Å². The molecular weight excluding hydrogens is 352 g/mol. The number of sulfonamides is 1. The number of sulfone groups is 1. The van der Waals surface area contributed by atoms with Gasteiger partial charge in [0.1, 0.15) is 0 Å². The highest BCUT2D eigenvalue weighted by Crippen LogP contribution is 2.17. The molecule has 1 amide bonds. The molecular formula is C15H22N2O5S2. The van der Waals surface area contributed by atoms with Crippen molar-refractivity contribution in [1.82, 2.24) is 9.62 Å². The van der Waals surface area contributed by atoms with Gasteiger partial charge in [-0.2, -0.15) is 0 Å². The molecule has 0 bridgehead atoms. The number of nitrogens with one attached hydrogen (secondary N) is 1. The van der Waals surface area contributed by atoms with Crippen LogP contribution in [0.1, 0.15) is 30.6 Å². The van der Waals surface area contributed by atoms with E-state index in [1.807, 2.05) is 13.8 Å². The zero-order chi connectivity index (χ0) is 18.0. The highest BCUT2D eigenvalue weighted by molar-refractivity contribution is 7.92. The second kappa shape index (κ2) is 7.20. The average molecular weight is 374 g/mol. The van der Waals surface area contributed by atoms with E-state index in [1.165, 1.54) is 24.3 Å². The summed E-state index contributed by atoms with van der Waals surface area (Å²) in [6.45, 7) is 4.90. The Labute approximate surface area is 143 Å². The molecule has 1 saturated heterocycles. The topological polar surface area (TPSA) is 101 Å². The number of amides is 1. The number of carbonyl (C=O) groups is 1. The molecule has 0 spiro atoms. The summed E-state index contributed by atoms with van der Waals surface area (Å²) in [5.74, 6) is -0.332. The van der Waals surface area contributed by atoms with Gasteiger partial charge in [0.05, 0.1) is 16.4 Å². The normalized spacial score (nSPS) is 20.0. The minimum Gasteiger partial charge on any atom is -0.339 e. The predicted octanol–water partition coefficient (Wildman–Crippen LogP) is 0.634. The molecule has 1 heterocycles. The van der Waals surface area contributed by atoms with E-state index in [2.05, 4.69) is 4.72 Å². The number of hydrogen-bond donors (Lipinski definition) is 1. The van der Waals surface area contributed by atoms with Crippen molar-refractivity contribution >= 4 is 25.8 Å². The minimum absolute atomic E-state index is 0.00248. The molecule has 1 atom stereocenters. The Kier molecular flexibility index (Phi) is 5.67. The lowest BCUT2D eigenvalue weighted by Crippen LogP contribution is -2.35. The SMILES string of the molecule is CCN(CC)C(=O)c1ccc(S(=O)(=O)NC2CCS(=O)(=O)C2)cc1. The molecule has 9 heteroatoms. The predicted molar refractivity (Wildman–Crippen MR) is 91.1 cm³/mol. The summed E-state index contributed by atoms with van der Waals surface area (Å²) < 4.78 is 49.9. The van der Waals surface area contributed by atoms with Crippen LogP contribution in [0, 0.1) is 0 Å². The van der Waals surface area contributed by atoms with Crippen LogP contribution in [0.2, 0.25) is 0 Å². The average Bonchev–Trinajstić information content (AvgIpc) is 2.86. The lowest BCUT2D eigenvalue weighted by atomic mass is 10.2. The number of benzene rings is 1. The van der Waals surface area contributed by atoms with Crippen LogP contribution in [-0.4, -0.2) is 58.3 Å². The second-order valence-electron chi connectivity index (χ2n) is 5.72. The van der Waals surface area contributed by atoms with Crippen LogP contribution >= 0.6 is 0 Å². The third-order valence-electron chi connectivity index (χ3n) is 4.02. The number of rotatable bonds is 6. The Hall–Kier alpha value is -1.45. The molecule has 1 aliphatic heterocycles. The standard InChI is InChI=1S/C15H22N2O5S2/c1-3-17(4-2)15(18)12-5-7-14(8-6-12)24(21,22)16-13-9-10-23(19,20)11-13/h5-8,13,16H,3-4,9-11H2,1-2H3. The van der Waals surface area contributed by atoms with E-state index in [0.717, 1.165) is 0 Å². The lowest BCUT2D eigenvalue weighted by molar-refractivity contribution is 0.0773. The van der Waals surface area contributed by atoms with Gasteiger partial charge >= 0.3 is 0 Å². The van der Waals surface area contributed by atoms with Crippen molar-refractivity contribution in [2.45, 2.75) is 31.2 Å². The summed E-state index contributed by atoms with van der Waals surface area (Å²) in [5.41, 5.74) is 0.418. The Morgan fingerprint density at radius 1 is 1.21 bits per heavy atom. The fourth-order valence-electron chi connectivity index (χ4n) is 2.65. The van der Waals surface area contributed by atoms with E-state index in [0.29, 0.717) is 18.7 Å². The van der Waals surface area contributed by atoms with Gasteiger partial charge in [0.25, 0.3) is 5.91 Å². The van der Waals surface area contributed by atoms with Crippen LogP contribution in [0.25, 0.3) is 0 Å². The molecule has 1 unspecified atom stereocenters. The first-order valence-corrected chi connectivity index (χ1v) is 11.1. The molecule has 24 heavy (non-hydrogen) atoms. The maximum Gasteiger partial charge on any atom is 0.253 e. The van der Waals surface area contributed by atoms with Crippen LogP contribution in [0.15, 0.2) is 29.2 Å². The van der Waals surface area contributed by atoms with Crippen LogP contribution in [0.4, 0.5) is 0 Å². The zero-order valence-electron chi connectivity index (χ0n) is 13.7. The summed E-state index contributed by atoms with van der Waals surface area (Å²) in [5, 5.41) is 0. The Morgan fingerprint density at radius 3 is 2.25 bits per heavy atom. The lowest BCUT2D eigenvalue weighted by Gasteiger charge is -2.18. The van der Waals surface area contributed by atoms with Crippen LogP contribution in [-0.2, 0) is 19.9 Å². The van der Waals surface area contributed by atoms with E-state index >= 15 is 0 Å². The third-order valence-corrected chi connectivity index (χ3v) is 7.32. The number of carbonyl (C=O) groups excluding carboxylic acids is 1. The number of hydrogen-bond acceptors (Lipinski definition) is 5. The van der Waals surface area contributed by atoms with E-state index in [4.69, 9.17) is 0 Å². The van der Waals surface area contributed by atoms with Gasteiger partial charge in [0.2, 0.25) is 10.0 Å². The third kappa shape index (κ3) is 4.34. The van der Waals surface area contributed by atoms with Gasteiger partial charge < -0.3 is 4.90 Å². The van der Waals surface area contributed by atoms with Crippen molar-refractivity contribution < 1.29 is 21.6 Å². The second-order valence-corrected chi connectivity index (χ2v) is 9.67. The van der Waals surface area contributed by atoms with Gasteiger partial charge in [-0.3, -0.25) is 4.79 Å². The molecule has 1 aliphatic rings. The largest absolute Gasteiger partial charge is 0.339 e. The monoisotopic (exact) mass is 374 g/mol. The molecule has 2 rings (SSSR count). The van der Waals surface area contributed by atoms with Gasteiger partial charge in [-0.1, -0.05) is 0 Å². The summed E-state index contributed by atoms with van der Waals surface area (Å²) in [7, 11) is -6.97. The minimum atomic E-state index is -3.81. The van der Waals surface area contributed by atoms with Crippen molar-refractivity contribution in [1.29, 1.82) is 0 Å². The zero-order valence-corrected chi connectivity index (χ0v) is 15.4. The highest BCUT2D eigenvalue weighted by atomic mass is 32.2. The molecule has 0 aromatic heterocycles. The first-order chi connectivity index (χ1) is 11.2. The summed E-state index contributed by atoms with van der Waals surface area (Å²) in [6.07, 6.45) is 0.278. The molecule has 7 nitrogen and oxygen atoms in total. The van der Waals surface area contributed by atoms with E-state index in [1.54, 1.807) is 4.90 Å². The van der Waals surface area contributed by atoms with Crippen LogP contribution in [0.3, 0.4) is 0 Å². The smallest absolute Gasteiger partial charge is 0.253 e. The molecule has 1 aromatic rings. The Balaban J connectivity index is 2.13. The van der Waals surface area contributed by atoms with Crippen LogP contribution < -0.4 is 4.72 Å². The molecule has 134 valence electrons. The summed E-state index contributed by atoms with van der Waals surface area (Å²) in [4.78, 5) is 13.9. The van der Waals surface area contributed by atoms with Crippen molar-refractivity contribution in [2.24, 2.45) is 0 Å². The Bertz CT molecular complexity index is 797. The number of nitrogens with zero attached hydrogens (tertiary/aromatic N) is 1. The molecule has 1 aromatic carbocycles. The molecule has 0 radical (unpaired) electrons. The molecule has 0 saturated carbocycles. The first kappa shape index (κ1) is 18.9. The first-order valence-electron chi connectivity index (χ1n) is 7.80. The van der Waals surface area contributed by atoms with Gasteiger partial charge in [0.15, 0.2) is 9.84 Å². The van der Waals surface area contributed by atoms with Crippen molar-refractivity contribution in [3.8, 4) is 0 Å². The molecule has 1 N–H and O–H groups in total. The van der Waals surface area contributed by atoms with E-state index in [9.17, 15) is 21.6 Å². The maximum absolute atomic E-state index is 12.3. The van der Waals surface area contributed by atoms with Gasteiger partial charge in [-0.05, 0) is 44.5 Å². The highest BCUT2D eigenvalue weighted by Gasteiger charge is 2.31. The van der Waals surface area contributed by atoms with E-state index in [-0.39, 0.29) is 28.7 Å². The van der Waals surface area contributed by atoms with Crippen LogP contribution in [0.5, 0.6) is 0 Å². The van der Waals surface area contributed by atoms with Crippen molar-refractivity contribution in [3.05, 3.63) is 29.8 Å². The molecule has 1 fully saturated rings. The van der Waals surface area contributed by atoms with Gasteiger partial charge in [-0.25, -0.2) is 21.6 Å². The Morgan fingerprint density at radius 2 is 1.79 bits per heavy atom. The summed E-state index contributed by atoms with van der Waals surface area (Å²) >= 11 is 0.